The number of aliphatic hydroxyl groups excluding tert-OH is 1. The third-order valence-electron chi connectivity index (χ3n) is 5.56. The Morgan fingerprint density at radius 1 is 1.03 bits per heavy atom. The first-order chi connectivity index (χ1) is 15.8. The van der Waals surface area contributed by atoms with E-state index in [-0.39, 0.29) is 13.2 Å². The summed E-state index contributed by atoms with van der Waals surface area (Å²) in [6, 6.07) is 14.3. The van der Waals surface area contributed by atoms with Crippen molar-refractivity contribution in [2.75, 3.05) is 23.5 Å². The molecule has 0 aliphatic carbocycles. The molecule has 1 N–H and O–H groups in total. The largest absolute Gasteiger partial charge is 0.452 e. The van der Waals surface area contributed by atoms with E-state index in [9.17, 15) is 14.7 Å². The highest BCUT2D eigenvalue weighted by atomic mass is 35.5. The Bertz CT molecular complexity index is 1270. The molecule has 2 heterocycles. The van der Waals surface area contributed by atoms with Crippen molar-refractivity contribution in [3.8, 4) is 5.75 Å². The lowest BCUT2D eigenvalue weighted by atomic mass is 10.2. The van der Waals surface area contributed by atoms with E-state index in [4.69, 9.17) is 27.9 Å². The van der Waals surface area contributed by atoms with Gasteiger partial charge in [-0.2, -0.15) is 0 Å². The van der Waals surface area contributed by atoms with Gasteiger partial charge < -0.3 is 19.6 Å². The summed E-state index contributed by atoms with van der Waals surface area (Å²) in [4.78, 5) is 30.0. The molecule has 0 fully saturated rings. The highest BCUT2D eigenvalue weighted by molar-refractivity contribution is 6.30. The van der Waals surface area contributed by atoms with Gasteiger partial charge in [0.15, 0.2) is 0 Å². The SMILES string of the molecule is CN1c2c(c(=O)n(CCCO)c(=O)n2C)N(Cc2ccc(Cl)cc2)C1Oc1cccc(Cl)c1. The van der Waals surface area contributed by atoms with Crippen LogP contribution in [0.15, 0.2) is 58.1 Å². The van der Waals surface area contributed by atoms with Crippen LogP contribution < -0.4 is 25.8 Å². The molecule has 0 saturated heterocycles. The number of ether oxygens (including phenoxy) is 1. The van der Waals surface area contributed by atoms with Crippen molar-refractivity contribution in [2.24, 2.45) is 7.05 Å². The predicted molar refractivity (Wildman–Crippen MR) is 130 cm³/mol. The Morgan fingerprint density at radius 3 is 2.42 bits per heavy atom. The molecule has 0 amide bonds. The normalized spacial score (nSPS) is 15.1. The second-order valence-corrected chi connectivity index (χ2v) is 8.69. The van der Waals surface area contributed by atoms with Crippen molar-refractivity contribution in [1.82, 2.24) is 9.13 Å². The second-order valence-electron chi connectivity index (χ2n) is 7.81. The van der Waals surface area contributed by atoms with E-state index < -0.39 is 17.6 Å². The van der Waals surface area contributed by atoms with Gasteiger partial charge in [-0.15, -0.1) is 0 Å². The monoisotopic (exact) mass is 490 g/mol. The van der Waals surface area contributed by atoms with E-state index in [1.54, 1.807) is 55.4 Å². The van der Waals surface area contributed by atoms with Gasteiger partial charge >= 0.3 is 5.69 Å². The molecule has 4 rings (SSSR count). The molecule has 3 aromatic rings. The van der Waals surface area contributed by atoms with Crippen molar-refractivity contribution in [3.05, 3.63) is 85.0 Å². The molecule has 2 aromatic carbocycles. The van der Waals surface area contributed by atoms with E-state index >= 15 is 0 Å². The van der Waals surface area contributed by atoms with Crippen molar-refractivity contribution < 1.29 is 9.84 Å². The topological polar surface area (TPSA) is 79.9 Å². The first-order valence-electron chi connectivity index (χ1n) is 10.4. The van der Waals surface area contributed by atoms with Crippen molar-refractivity contribution in [3.63, 3.8) is 0 Å². The zero-order valence-electron chi connectivity index (χ0n) is 18.2. The minimum Gasteiger partial charge on any atom is -0.452 e. The Hall–Kier alpha value is -2.94. The summed E-state index contributed by atoms with van der Waals surface area (Å²) in [5, 5.41) is 10.4. The Kier molecular flexibility index (Phi) is 6.69. The van der Waals surface area contributed by atoms with Crippen LogP contribution in [-0.2, 0) is 20.1 Å². The van der Waals surface area contributed by atoms with Gasteiger partial charge in [0.05, 0.1) is 0 Å². The number of aliphatic hydroxyl groups is 1. The molecule has 8 nitrogen and oxygen atoms in total. The Labute approximate surface area is 200 Å². The number of aromatic nitrogens is 2. The minimum atomic E-state index is -0.707. The molecule has 174 valence electrons. The van der Waals surface area contributed by atoms with Gasteiger partial charge in [0.2, 0.25) is 0 Å². The maximum Gasteiger partial charge on any atom is 0.332 e. The van der Waals surface area contributed by atoms with E-state index in [0.29, 0.717) is 40.3 Å². The van der Waals surface area contributed by atoms with E-state index in [1.165, 1.54) is 4.57 Å². The molecule has 0 bridgehead atoms. The maximum absolute atomic E-state index is 13.5. The molecule has 10 heteroatoms. The van der Waals surface area contributed by atoms with E-state index in [0.717, 1.165) is 10.1 Å². The number of benzene rings is 2. The number of rotatable bonds is 7. The Morgan fingerprint density at radius 2 is 1.76 bits per heavy atom. The highest BCUT2D eigenvalue weighted by Gasteiger charge is 2.40. The predicted octanol–water partition coefficient (Wildman–Crippen LogP) is 3.06. The minimum absolute atomic E-state index is 0.119. The van der Waals surface area contributed by atoms with Crippen LogP contribution in [0.5, 0.6) is 5.75 Å². The van der Waals surface area contributed by atoms with Crippen LogP contribution in [-0.4, -0.2) is 34.2 Å². The number of nitrogens with zero attached hydrogens (tertiary/aromatic N) is 4. The second kappa shape index (κ2) is 9.51. The molecule has 0 saturated carbocycles. The fourth-order valence-electron chi connectivity index (χ4n) is 3.99. The maximum atomic E-state index is 13.5. The number of anilines is 2. The van der Waals surface area contributed by atoms with Gasteiger partial charge in [0.25, 0.3) is 11.9 Å². The van der Waals surface area contributed by atoms with Crippen LogP contribution in [0, 0.1) is 0 Å². The quantitative estimate of drug-likeness (QED) is 0.548. The van der Waals surface area contributed by atoms with Crippen LogP contribution in [0.3, 0.4) is 0 Å². The summed E-state index contributed by atoms with van der Waals surface area (Å²) in [6.45, 7) is 0.336. The summed E-state index contributed by atoms with van der Waals surface area (Å²) < 4.78 is 8.86. The fraction of sp³-hybridized carbons (Fsp3) is 0.304. The summed E-state index contributed by atoms with van der Waals surface area (Å²) in [5.41, 5.74) is 0.378. The number of hydrogen-bond donors (Lipinski definition) is 1. The molecule has 0 spiro atoms. The third-order valence-corrected chi connectivity index (χ3v) is 6.04. The smallest absolute Gasteiger partial charge is 0.332 e. The highest BCUT2D eigenvalue weighted by Crippen LogP contribution is 2.37. The van der Waals surface area contributed by atoms with Gasteiger partial charge in [-0.1, -0.05) is 41.4 Å². The lowest BCUT2D eigenvalue weighted by molar-refractivity contribution is 0.201. The van der Waals surface area contributed by atoms with Gasteiger partial charge in [0, 0.05) is 43.8 Å². The average Bonchev–Trinajstić information content (AvgIpc) is 3.05. The van der Waals surface area contributed by atoms with Crippen molar-refractivity contribution in [1.29, 1.82) is 0 Å². The van der Waals surface area contributed by atoms with Crippen LogP contribution in [0.2, 0.25) is 10.0 Å². The first kappa shape index (κ1) is 23.2. The van der Waals surface area contributed by atoms with E-state index in [2.05, 4.69) is 0 Å². The van der Waals surface area contributed by atoms with Gasteiger partial charge in [0.1, 0.15) is 17.3 Å². The van der Waals surface area contributed by atoms with Gasteiger partial charge in [-0.05, 0) is 42.3 Å². The molecule has 1 aromatic heterocycles. The lowest BCUT2D eigenvalue weighted by Crippen LogP contribution is -2.46. The molecule has 1 unspecified atom stereocenters. The van der Waals surface area contributed by atoms with Crippen LogP contribution in [0.4, 0.5) is 11.5 Å². The van der Waals surface area contributed by atoms with E-state index in [1.807, 2.05) is 17.0 Å². The Balaban J connectivity index is 1.84. The van der Waals surface area contributed by atoms with Crippen molar-refractivity contribution in [2.45, 2.75) is 25.9 Å². The lowest BCUT2D eigenvalue weighted by Gasteiger charge is -2.30. The summed E-state index contributed by atoms with van der Waals surface area (Å²) >= 11 is 12.2. The third kappa shape index (κ3) is 4.46. The zero-order valence-corrected chi connectivity index (χ0v) is 19.8. The van der Waals surface area contributed by atoms with Crippen molar-refractivity contribution >= 4 is 34.7 Å². The molecule has 1 atom stereocenters. The first-order valence-corrected chi connectivity index (χ1v) is 11.2. The number of hydrogen-bond acceptors (Lipinski definition) is 6. The molecular formula is C23H24Cl2N4O4. The summed E-state index contributed by atoms with van der Waals surface area (Å²) in [6.07, 6.45) is -0.412. The average molecular weight is 491 g/mol. The number of halogens is 2. The van der Waals surface area contributed by atoms with Crippen LogP contribution in [0.1, 0.15) is 12.0 Å². The molecule has 33 heavy (non-hydrogen) atoms. The molecular weight excluding hydrogens is 467 g/mol. The summed E-state index contributed by atoms with van der Waals surface area (Å²) in [5.74, 6) is 0.977. The molecule has 0 radical (unpaired) electrons. The molecule has 1 aliphatic rings. The van der Waals surface area contributed by atoms with Crippen LogP contribution >= 0.6 is 23.2 Å². The fourth-order valence-corrected chi connectivity index (χ4v) is 4.30. The zero-order chi connectivity index (χ0) is 23.7. The van der Waals surface area contributed by atoms with Gasteiger partial charge in [-0.25, -0.2) is 4.79 Å². The standard InChI is InChI=1S/C23H24Cl2N4O4/c1-26-20-19(21(31)28(22(26)32)11-4-12-30)29(14-15-7-9-16(24)10-8-15)23(27(20)2)33-18-6-3-5-17(25)13-18/h3,5-10,13,23,30H,4,11-12,14H2,1-2H3. The van der Waals surface area contributed by atoms with Crippen LogP contribution in [0.25, 0.3) is 0 Å². The number of fused-ring (bicyclic) bond motifs is 1. The summed E-state index contributed by atoms with van der Waals surface area (Å²) in [7, 11) is 3.39. The van der Waals surface area contributed by atoms with Gasteiger partial charge in [-0.3, -0.25) is 13.9 Å². The molecule has 1 aliphatic heterocycles.